The molecule has 0 unspecified atom stereocenters. The number of benzene rings is 3. The molecule has 8 nitrogen and oxygen atoms in total. The van der Waals surface area contributed by atoms with Gasteiger partial charge in [0.05, 0.1) is 10.5 Å². The Morgan fingerprint density at radius 3 is 2.32 bits per heavy atom. The molecule has 31 heavy (non-hydrogen) atoms. The van der Waals surface area contributed by atoms with Gasteiger partial charge in [0.1, 0.15) is 30.4 Å². The molecule has 0 aromatic heterocycles. The lowest BCUT2D eigenvalue weighted by atomic mass is 10.2. The highest BCUT2D eigenvalue weighted by molar-refractivity contribution is 5.96. The standard InChI is InChI=1S/C23H23N3O5/c27-23(25-15-14-24-20-11-5-6-12-21(20)26(28)29)19-10-4-7-13-22(19)31-17-16-30-18-8-2-1-3-9-18/h1-13,24H,14-17H2,(H,25,27). The predicted octanol–water partition coefficient (Wildman–Crippen LogP) is 3.89. The molecule has 3 aromatic rings. The molecule has 3 rings (SSSR count). The van der Waals surface area contributed by atoms with Crippen LogP contribution in [0.4, 0.5) is 11.4 Å². The van der Waals surface area contributed by atoms with E-state index in [0.29, 0.717) is 36.8 Å². The molecular weight excluding hydrogens is 398 g/mol. The Hall–Kier alpha value is -4.07. The van der Waals surface area contributed by atoms with Gasteiger partial charge in [-0.05, 0) is 30.3 Å². The van der Waals surface area contributed by atoms with Crippen LogP contribution in [0.3, 0.4) is 0 Å². The van der Waals surface area contributed by atoms with Crippen molar-refractivity contribution < 1.29 is 19.2 Å². The summed E-state index contributed by atoms with van der Waals surface area (Å²) in [5.41, 5.74) is 0.807. The van der Waals surface area contributed by atoms with Gasteiger partial charge in [0.25, 0.3) is 11.6 Å². The first-order chi connectivity index (χ1) is 15.1. The molecule has 0 aliphatic rings. The Morgan fingerprint density at radius 1 is 0.839 bits per heavy atom. The summed E-state index contributed by atoms with van der Waals surface area (Å²) in [5, 5.41) is 16.8. The Bertz CT molecular complexity index is 1010. The lowest BCUT2D eigenvalue weighted by molar-refractivity contribution is -0.384. The van der Waals surface area contributed by atoms with Crippen LogP contribution >= 0.6 is 0 Å². The first-order valence-electron chi connectivity index (χ1n) is 9.80. The second kappa shape index (κ2) is 11.2. The molecule has 1 amide bonds. The second-order valence-corrected chi connectivity index (χ2v) is 6.46. The molecule has 0 saturated carbocycles. The maximum absolute atomic E-state index is 12.5. The summed E-state index contributed by atoms with van der Waals surface area (Å²) in [6.45, 7) is 1.26. The summed E-state index contributed by atoms with van der Waals surface area (Å²) in [6, 6.07) is 22.7. The van der Waals surface area contributed by atoms with E-state index in [-0.39, 0.29) is 18.1 Å². The Morgan fingerprint density at radius 2 is 1.52 bits per heavy atom. The maximum atomic E-state index is 12.5. The van der Waals surface area contributed by atoms with E-state index in [1.807, 2.05) is 30.3 Å². The molecule has 0 radical (unpaired) electrons. The third kappa shape index (κ3) is 6.46. The summed E-state index contributed by atoms with van der Waals surface area (Å²) in [5.74, 6) is 0.926. The van der Waals surface area contributed by atoms with Crippen molar-refractivity contribution in [2.75, 3.05) is 31.6 Å². The first-order valence-corrected chi connectivity index (χ1v) is 9.80. The zero-order valence-electron chi connectivity index (χ0n) is 16.8. The Balaban J connectivity index is 1.46. The molecule has 2 N–H and O–H groups in total. The Kier molecular flexibility index (Phi) is 7.82. The predicted molar refractivity (Wildman–Crippen MR) is 118 cm³/mol. The van der Waals surface area contributed by atoms with Gasteiger partial charge in [-0.2, -0.15) is 0 Å². The summed E-state index contributed by atoms with van der Waals surface area (Å²) in [4.78, 5) is 23.1. The molecule has 0 aliphatic heterocycles. The molecule has 0 bridgehead atoms. The normalized spacial score (nSPS) is 10.2. The number of nitro benzene ring substituents is 1. The van der Waals surface area contributed by atoms with Gasteiger partial charge in [-0.25, -0.2) is 0 Å². The van der Waals surface area contributed by atoms with Gasteiger partial charge in [-0.15, -0.1) is 0 Å². The summed E-state index contributed by atoms with van der Waals surface area (Å²) in [7, 11) is 0. The maximum Gasteiger partial charge on any atom is 0.292 e. The SMILES string of the molecule is O=C(NCCNc1ccccc1[N+](=O)[O-])c1ccccc1OCCOc1ccccc1. The van der Waals surface area contributed by atoms with Crippen LogP contribution in [-0.4, -0.2) is 37.1 Å². The van der Waals surface area contributed by atoms with Gasteiger partial charge in [0.15, 0.2) is 0 Å². The third-order valence-corrected chi connectivity index (χ3v) is 4.31. The number of hydrogen-bond donors (Lipinski definition) is 2. The Labute approximate surface area is 180 Å². The van der Waals surface area contributed by atoms with Gasteiger partial charge in [0, 0.05) is 19.2 Å². The van der Waals surface area contributed by atoms with E-state index < -0.39 is 4.92 Å². The fraction of sp³-hybridized carbons (Fsp3) is 0.174. The fourth-order valence-electron chi connectivity index (χ4n) is 2.86. The van der Waals surface area contributed by atoms with Crippen LogP contribution in [0.25, 0.3) is 0 Å². The van der Waals surface area contributed by atoms with Gasteiger partial charge in [-0.1, -0.05) is 42.5 Å². The smallest absolute Gasteiger partial charge is 0.292 e. The zero-order chi connectivity index (χ0) is 21.9. The molecule has 160 valence electrons. The van der Waals surface area contributed by atoms with Crippen molar-refractivity contribution in [1.29, 1.82) is 0 Å². The number of nitro groups is 1. The van der Waals surface area contributed by atoms with Crippen LogP contribution in [0, 0.1) is 10.1 Å². The number of hydrogen-bond acceptors (Lipinski definition) is 6. The number of amides is 1. The number of anilines is 1. The minimum absolute atomic E-state index is 0.00899. The van der Waals surface area contributed by atoms with Crippen molar-refractivity contribution in [3.05, 3.63) is 94.5 Å². The number of carbonyl (C=O) groups is 1. The van der Waals surface area contributed by atoms with E-state index in [9.17, 15) is 14.9 Å². The van der Waals surface area contributed by atoms with Gasteiger partial charge < -0.3 is 20.1 Å². The van der Waals surface area contributed by atoms with Crippen molar-refractivity contribution >= 4 is 17.3 Å². The minimum Gasteiger partial charge on any atom is -0.490 e. The molecule has 0 fully saturated rings. The molecule has 0 aliphatic carbocycles. The largest absolute Gasteiger partial charge is 0.490 e. The topological polar surface area (TPSA) is 103 Å². The number of rotatable bonds is 11. The number of nitrogens with zero attached hydrogens (tertiary/aromatic N) is 1. The molecule has 3 aromatic carbocycles. The number of nitrogens with one attached hydrogen (secondary N) is 2. The highest BCUT2D eigenvalue weighted by Crippen LogP contribution is 2.22. The molecule has 0 spiro atoms. The van der Waals surface area contributed by atoms with E-state index in [1.54, 1.807) is 42.5 Å². The van der Waals surface area contributed by atoms with Crippen LogP contribution in [0.15, 0.2) is 78.9 Å². The number of ether oxygens (including phenoxy) is 2. The summed E-state index contributed by atoms with van der Waals surface area (Å²) < 4.78 is 11.3. The number of carbonyl (C=O) groups excluding carboxylic acids is 1. The van der Waals surface area contributed by atoms with E-state index >= 15 is 0 Å². The monoisotopic (exact) mass is 421 g/mol. The molecular formula is C23H23N3O5. The van der Waals surface area contributed by atoms with Gasteiger partial charge in [0.2, 0.25) is 0 Å². The van der Waals surface area contributed by atoms with Crippen LogP contribution in [0.5, 0.6) is 11.5 Å². The van der Waals surface area contributed by atoms with Crippen molar-refractivity contribution in [3.63, 3.8) is 0 Å². The first kappa shape index (κ1) is 21.6. The van der Waals surface area contributed by atoms with Crippen LogP contribution in [0.2, 0.25) is 0 Å². The zero-order valence-corrected chi connectivity index (χ0v) is 16.8. The average molecular weight is 421 g/mol. The summed E-state index contributed by atoms with van der Waals surface area (Å²) in [6.07, 6.45) is 0. The van der Waals surface area contributed by atoms with Gasteiger partial charge >= 0.3 is 0 Å². The highest BCUT2D eigenvalue weighted by atomic mass is 16.6. The van der Waals surface area contributed by atoms with Gasteiger partial charge in [-0.3, -0.25) is 14.9 Å². The van der Waals surface area contributed by atoms with Crippen molar-refractivity contribution in [2.45, 2.75) is 0 Å². The lowest BCUT2D eigenvalue weighted by Crippen LogP contribution is -2.29. The van der Waals surface area contributed by atoms with Crippen molar-refractivity contribution in [1.82, 2.24) is 5.32 Å². The van der Waals surface area contributed by atoms with E-state index in [2.05, 4.69) is 10.6 Å². The van der Waals surface area contributed by atoms with Crippen LogP contribution < -0.4 is 20.1 Å². The second-order valence-electron chi connectivity index (χ2n) is 6.46. The van der Waals surface area contributed by atoms with E-state index in [0.717, 1.165) is 5.75 Å². The molecule has 0 heterocycles. The average Bonchev–Trinajstić information content (AvgIpc) is 2.80. The van der Waals surface area contributed by atoms with Crippen LogP contribution in [-0.2, 0) is 0 Å². The summed E-state index contributed by atoms with van der Waals surface area (Å²) >= 11 is 0. The molecule has 0 atom stereocenters. The minimum atomic E-state index is -0.448. The third-order valence-electron chi connectivity index (χ3n) is 4.31. The van der Waals surface area contributed by atoms with Crippen molar-refractivity contribution in [3.8, 4) is 11.5 Å². The number of para-hydroxylation sites is 4. The van der Waals surface area contributed by atoms with E-state index in [1.165, 1.54) is 6.07 Å². The molecule has 0 saturated heterocycles. The fourth-order valence-corrected chi connectivity index (χ4v) is 2.86. The van der Waals surface area contributed by atoms with Crippen molar-refractivity contribution in [2.24, 2.45) is 0 Å². The molecule has 8 heteroatoms. The highest BCUT2D eigenvalue weighted by Gasteiger charge is 2.13. The van der Waals surface area contributed by atoms with Crippen LogP contribution in [0.1, 0.15) is 10.4 Å². The van der Waals surface area contributed by atoms with E-state index in [4.69, 9.17) is 9.47 Å². The quantitative estimate of drug-likeness (QED) is 0.277. The lowest BCUT2D eigenvalue weighted by Gasteiger charge is -2.13.